The molecule has 1 aromatic heterocycles. The van der Waals surface area contributed by atoms with Gasteiger partial charge >= 0.3 is 5.97 Å². The molecule has 0 aliphatic heterocycles. The standard InChI is InChI=1S/C13H14N2O3/c1-7-3-4-11-9(5-7)10(6-14-8(2)16)12(15-11)13(17)18/h3-5,15H,6H2,1-2H3,(H,14,16)(H,17,18). The van der Waals surface area contributed by atoms with E-state index >= 15 is 0 Å². The van der Waals surface area contributed by atoms with Crippen molar-refractivity contribution in [1.82, 2.24) is 10.3 Å². The average molecular weight is 246 g/mol. The minimum atomic E-state index is -1.02. The van der Waals surface area contributed by atoms with Gasteiger partial charge in [0.25, 0.3) is 0 Å². The third-order valence-electron chi connectivity index (χ3n) is 2.79. The molecule has 1 aromatic carbocycles. The van der Waals surface area contributed by atoms with Gasteiger partial charge in [-0.25, -0.2) is 4.79 Å². The molecule has 18 heavy (non-hydrogen) atoms. The zero-order chi connectivity index (χ0) is 13.3. The number of rotatable bonds is 3. The van der Waals surface area contributed by atoms with Gasteiger partial charge in [-0.1, -0.05) is 11.6 Å². The number of carboxylic acids is 1. The second kappa shape index (κ2) is 4.52. The summed E-state index contributed by atoms with van der Waals surface area (Å²) in [7, 11) is 0. The Morgan fingerprint density at radius 1 is 1.39 bits per heavy atom. The van der Waals surface area contributed by atoms with Crippen LogP contribution in [0, 0.1) is 6.92 Å². The lowest BCUT2D eigenvalue weighted by atomic mass is 10.1. The Kier molecular flexibility index (Phi) is 3.06. The number of amides is 1. The van der Waals surface area contributed by atoms with Gasteiger partial charge in [0.1, 0.15) is 5.69 Å². The van der Waals surface area contributed by atoms with Crippen LogP contribution >= 0.6 is 0 Å². The average Bonchev–Trinajstić information content (AvgIpc) is 2.64. The van der Waals surface area contributed by atoms with E-state index in [1.54, 1.807) is 0 Å². The first-order valence-electron chi connectivity index (χ1n) is 5.58. The van der Waals surface area contributed by atoms with E-state index in [4.69, 9.17) is 5.11 Å². The van der Waals surface area contributed by atoms with Crippen molar-refractivity contribution in [2.45, 2.75) is 20.4 Å². The van der Waals surface area contributed by atoms with Crippen molar-refractivity contribution in [3.05, 3.63) is 35.0 Å². The molecule has 0 unspecified atom stereocenters. The van der Waals surface area contributed by atoms with Gasteiger partial charge in [0.05, 0.1) is 0 Å². The topological polar surface area (TPSA) is 82.2 Å². The molecule has 0 spiro atoms. The SMILES string of the molecule is CC(=O)NCc1c(C(=O)O)[nH]c2ccc(C)cc12. The summed E-state index contributed by atoms with van der Waals surface area (Å²) in [4.78, 5) is 25.0. The first-order chi connectivity index (χ1) is 8.49. The van der Waals surface area contributed by atoms with Gasteiger partial charge in [0, 0.05) is 29.9 Å². The lowest BCUT2D eigenvalue weighted by Crippen LogP contribution is -2.20. The summed E-state index contributed by atoms with van der Waals surface area (Å²) in [6.07, 6.45) is 0. The normalized spacial score (nSPS) is 10.6. The van der Waals surface area contributed by atoms with Gasteiger partial charge in [-0.15, -0.1) is 0 Å². The van der Waals surface area contributed by atoms with Crippen molar-refractivity contribution in [3.8, 4) is 0 Å². The summed E-state index contributed by atoms with van der Waals surface area (Å²) in [5, 5.41) is 12.6. The molecule has 1 amide bonds. The number of benzene rings is 1. The van der Waals surface area contributed by atoms with Crippen molar-refractivity contribution < 1.29 is 14.7 Å². The Morgan fingerprint density at radius 3 is 2.72 bits per heavy atom. The highest BCUT2D eigenvalue weighted by atomic mass is 16.4. The summed E-state index contributed by atoms with van der Waals surface area (Å²) >= 11 is 0. The summed E-state index contributed by atoms with van der Waals surface area (Å²) in [5.41, 5.74) is 2.54. The van der Waals surface area contributed by atoms with Crippen molar-refractivity contribution in [2.24, 2.45) is 0 Å². The Bertz CT molecular complexity index is 628. The number of carboxylic acid groups (broad SMARTS) is 1. The summed E-state index contributed by atoms with van der Waals surface area (Å²) < 4.78 is 0. The van der Waals surface area contributed by atoms with Crippen LogP contribution in [0.25, 0.3) is 10.9 Å². The summed E-state index contributed by atoms with van der Waals surface area (Å²) in [6, 6.07) is 5.66. The Balaban J connectivity index is 2.57. The number of carbonyl (C=O) groups excluding carboxylic acids is 1. The molecule has 2 aromatic rings. The molecule has 3 N–H and O–H groups in total. The maximum Gasteiger partial charge on any atom is 0.352 e. The first-order valence-corrected chi connectivity index (χ1v) is 5.58. The van der Waals surface area contributed by atoms with Crippen LogP contribution in [0.4, 0.5) is 0 Å². The summed E-state index contributed by atoms with van der Waals surface area (Å²) in [6.45, 7) is 3.55. The number of fused-ring (bicyclic) bond motifs is 1. The maximum atomic E-state index is 11.2. The molecule has 0 saturated carbocycles. The van der Waals surface area contributed by atoms with Gasteiger partial charge in [-0.3, -0.25) is 4.79 Å². The van der Waals surface area contributed by atoms with Gasteiger partial charge in [0.15, 0.2) is 0 Å². The highest BCUT2D eigenvalue weighted by Gasteiger charge is 2.16. The fourth-order valence-electron chi connectivity index (χ4n) is 1.94. The molecule has 0 fully saturated rings. The smallest absolute Gasteiger partial charge is 0.352 e. The lowest BCUT2D eigenvalue weighted by Gasteiger charge is -2.03. The number of carbonyl (C=O) groups is 2. The minimum Gasteiger partial charge on any atom is -0.477 e. The maximum absolute atomic E-state index is 11.2. The van der Waals surface area contributed by atoms with Crippen LogP contribution in [-0.2, 0) is 11.3 Å². The first kappa shape index (κ1) is 12.2. The number of aromatic carboxylic acids is 1. The molecule has 0 saturated heterocycles. The molecule has 94 valence electrons. The molecular weight excluding hydrogens is 232 g/mol. The second-order valence-corrected chi connectivity index (χ2v) is 4.24. The van der Waals surface area contributed by atoms with Gasteiger partial charge in [-0.05, 0) is 19.1 Å². The van der Waals surface area contributed by atoms with Gasteiger partial charge in [-0.2, -0.15) is 0 Å². The summed E-state index contributed by atoms with van der Waals surface area (Å²) in [5.74, 6) is -1.21. The molecule has 5 nitrogen and oxygen atoms in total. The van der Waals surface area contributed by atoms with E-state index in [0.29, 0.717) is 5.56 Å². The Labute approximate surface area is 104 Å². The Hall–Kier alpha value is -2.30. The number of aromatic amines is 1. The molecule has 2 rings (SSSR count). The zero-order valence-electron chi connectivity index (χ0n) is 10.2. The molecule has 5 heteroatoms. The van der Waals surface area contributed by atoms with E-state index in [1.807, 2.05) is 25.1 Å². The lowest BCUT2D eigenvalue weighted by molar-refractivity contribution is -0.119. The van der Waals surface area contributed by atoms with Crippen molar-refractivity contribution in [2.75, 3.05) is 0 Å². The molecule has 1 heterocycles. The third kappa shape index (κ3) is 2.20. The van der Waals surface area contributed by atoms with Crippen molar-refractivity contribution in [1.29, 1.82) is 0 Å². The van der Waals surface area contributed by atoms with E-state index in [2.05, 4.69) is 10.3 Å². The highest BCUT2D eigenvalue weighted by Crippen LogP contribution is 2.23. The van der Waals surface area contributed by atoms with Gasteiger partial charge < -0.3 is 15.4 Å². The molecule has 0 bridgehead atoms. The highest BCUT2D eigenvalue weighted by molar-refractivity contribution is 5.97. The largest absolute Gasteiger partial charge is 0.477 e. The van der Waals surface area contributed by atoms with Crippen LogP contribution in [0.1, 0.15) is 28.5 Å². The monoisotopic (exact) mass is 246 g/mol. The van der Waals surface area contributed by atoms with Crippen LogP contribution in [-0.4, -0.2) is 22.0 Å². The van der Waals surface area contributed by atoms with Crippen LogP contribution < -0.4 is 5.32 Å². The van der Waals surface area contributed by atoms with E-state index < -0.39 is 5.97 Å². The van der Waals surface area contributed by atoms with E-state index in [0.717, 1.165) is 16.5 Å². The van der Waals surface area contributed by atoms with Crippen LogP contribution in [0.15, 0.2) is 18.2 Å². The number of nitrogens with one attached hydrogen (secondary N) is 2. The number of hydrogen-bond acceptors (Lipinski definition) is 2. The number of aromatic nitrogens is 1. The fourth-order valence-corrected chi connectivity index (χ4v) is 1.94. The number of hydrogen-bond donors (Lipinski definition) is 3. The molecule has 0 atom stereocenters. The molecule has 0 aliphatic rings. The minimum absolute atomic E-state index is 0.129. The predicted molar refractivity (Wildman–Crippen MR) is 67.5 cm³/mol. The third-order valence-corrected chi connectivity index (χ3v) is 2.79. The zero-order valence-corrected chi connectivity index (χ0v) is 10.2. The molecule has 0 aliphatic carbocycles. The number of aryl methyl sites for hydroxylation is 1. The Morgan fingerprint density at radius 2 is 2.11 bits per heavy atom. The quantitative estimate of drug-likeness (QED) is 0.772. The van der Waals surface area contributed by atoms with E-state index in [1.165, 1.54) is 6.92 Å². The molecule has 0 radical (unpaired) electrons. The van der Waals surface area contributed by atoms with Crippen LogP contribution in [0.2, 0.25) is 0 Å². The van der Waals surface area contributed by atoms with E-state index in [-0.39, 0.29) is 18.1 Å². The van der Waals surface area contributed by atoms with Crippen molar-refractivity contribution >= 4 is 22.8 Å². The fraction of sp³-hybridized carbons (Fsp3) is 0.231. The number of H-pyrrole nitrogens is 1. The predicted octanol–water partition coefficient (Wildman–Crippen LogP) is 1.81. The van der Waals surface area contributed by atoms with E-state index in [9.17, 15) is 9.59 Å². The van der Waals surface area contributed by atoms with Crippen LogP contribution in [0.5, 0.6) is 0 Å². The van der Waals surface area contributed by atoms with Crippen LogP contribution in [0.3, 0.4) is 0 Å². The van der Waals surface area contributed by atoms with Crippen molar-refractivity contribution in [3.63, 3.8) is 0 Å². The second-order valence-electron chi connectivity index (χ2n) is 4.24. The van der Waals surface area contributed by atoms with Gasteiger partial charge in [0.2, 0.25) is 5.91 Å². The molecular formula is C13H14N2O3.